The number of pyridine rings is 1. The van der Waals surface area contributed by atoms with Crippen LogP contribution in [-0.4, -0.2) is 15.0 Å². The lowest BCUT2D eigenvalue weighted by Crippen LogP contribution is -1.92. The second-order valence-corrected chi connectivity index (χ2v) is 11.7. The smallest absolute Gasteiger partial charge is 0.159 e. The van der Waals surface area contributed by atoms with Gasteiger partial charge in [-0.1, -0.05) is 91.0 Å². The largest absolute Gasteiger partial charge is 0.256 e. The van der Waals surface area contributed by atoms with Crippen LogP contribution in [0, 0.1) is 0 Å². The number of nitrogens with zero attached hydrogens (tertiary/aromatic N) is 3. The molecule has 10 aromatic rings. The molecule has 3 heteroatoms. The van der Waals surface area contributed by atoms with E-state index in [1.54, 1.807) is 0 Å². The zero-order valence-corrected chi connectivity index (χ0v) is 23.6. The predicted molar refractivity (Wildman–Crippen MR) is 184 cm³/mol. The summed E-state index contributed by atoms with van der Waals surface area (Å²) in [4.78, 5) is 14.3. The molecule has 202 valence electrons. The van der Waals surface area contributed by atoms with E-state index in [9.17, 15) is 0 Å². The maximum atomic E-state index is 4.90. The molecule has 3 nitrogen and oxygen atoms in total. The van der Waals surface area contributed by atoms with Crippen LogP contribution in [0.15, 0.2) is 140 Å². The minimum Gasteiger partial charge on any atom is -0.256 e. The van der Waals surface area contributed by atoms with E-state index in [0.29, 0.717) is 0 Å². The third-order valence-electron chi connectivity index (χ3n) is 9.27. The van der Waals surface area contributed by atoms with E-state index in [0.717, 1.165) is 33.4 Å². The van der Waals surface area contributed by atoms with Gasteiger partial charge in [-0.25, -0.2) is 9.97 Å². The fourth-order valence-corrected chi connectivity index (χ4v) is 7.29. The Kier molecular flexibility index (Phi) is 4.72. The SMILES string of the molecule is c1cnc2ccc(-c3cnc(-c4cc5ccc6cccc7c8cccc9ccc%10cccc(c(c4)c5c67)c%10c98)nc3)cc2c1. The van der Waals surface area contributed by atoms with Crippen molar-refractivity contribution >= 4 is 75.5 Å². The Hall–Kier alpha value is -5.93. The van der Waals surface area contributed by atoms with Crippen LogP contribution in [0.2, 0.25) is 0 Å². The van der Waals surface area contributed by atoms with Crippen molar-refractivity contribution in [1.29, 1.82) is 0 Å². The van der Waals surface area contributed by atoms with E-state index in [2.05, 4.69) is 120 Å². The average Bonchev–Trinajstić information content (AvgIpc) is 3.09. The van der Waals surface area contributed by atoms with Crippen LogP contribution in [0.4, 0.5) is 0 Å². The normalized spacial score (nSPS) is 12.1. The zero-order chi connectivity index (χ0) is 28.8. The molecule has 0 bridgehead atoms. The van der Waals surface area contributed by atoms with E-state index in [4.69, 9.17) is 9.97 Å². The molecule has 0 amide bonds. The Morgan fingerprint density at radius 2 is 0.886 bits per heavy atom. The zero-order valence-electron chi connectivity index (χ0n) is 23.6. The topological polar surface area (TPSA) is 38.7 Å². The number of benzene rings is 7. The Balaban J connectivity index is 1.29. The Morgan fingerprint density at radius 3 is 1.55 bits per heavy atom. The molecule has 0 atom stereocenters. The molecule has 0 aliphatic rings. The fourth-order valence-electron chi connectivity index (χ4n) is 7.29. The summed E-state index contributed by atoms with van der Waals surface area (Å²) in [5.41, 5.74) is 4.06. The Morgan fingerprint density at radius 1 is 0.341 bits per heavy atom. The highest BCUT2D eigenvalue weighted by Gasteiger charge is 2.16. The van der Waals surface area contributed by atoms with Crippen LogP contribution in [0.3, 0.4) is 0 Å². The van der Waals surface area contributed by atoms with Gasteiger partial charge in [0.05, 0.1) is 5.52 Å². The molecular weight excluding hydrogens is 534 g/mol. The van der Waals surface area contributed by atoms with Crippen molar-refractivity contribution in [2.24, 2.45) is 0 Å². The van der Waals surface area contributed by atoms with Gasteiger partial charge in [0.1, 0.15) is 0 Å². The van der Waals surface area contributed by atoms with E-state index in [-0.39, 0.29) is 0 Å². The lowest BCUT2D eigenvalue weighted by atomic mass is 9.87. The molecule has 0 spiro atoms. The maximum absolute atomic E-state index is 4.90. The molecule has 10 rings (SSSR count). The molecule has 0 unspecified atom stereocenters. The molecule has 0 aliphatic heterocycles. The Bertz CT molecular complexity index is 2760. The van der Waals surface area contributed by atoms with E-state index < -0.39 is 0 Å². The summed E-state index contributed by atoms with van der Waals surface area (Å²) in [5, 5.41) is 16.3. The third-order valence-corrected chi connectivity index (χ3v) is 9.27. The number of hydrogen-bond acceptors (Lipinski definition) is 3. The van der Waals surface area contributed by atoms with Crippen LogP contribution >= 0.6 is 0 Å². The van der Waals surface area contributed by atoms with Crippen LogP contribution in [-0.2, 0) is 0 Å². The van der Waals surface area contributed by atoms with Gasteiger partial charge >= 0.3 is 0 Å². The van der Waals surface area contributed by atoms with Gasteiger partial charge in [-0.15, -0.1) is 0 Å². The summed E-state index contributed by atoms with van der Waals surface area (Å²) in [6.45, 7) is 0. The van der Waals surface area contributed by atoms with Crippen molar-refractivity contribution < 1.29 is 0 Å². The molecule has 0 saturated heterocycles. The quantitative estimate of drug-likeness (QED) is 0.198. The van der Waals surface area contributed by atoms with Crippen molar-refractivity contribution in [2.45, 2.75) is 0 Å². The first-order valence-corrected chi connectivity index (χ1v) is 14.9. The van der Waals surface area contributed by atoms with Gasteiger partial charge < -0.3 is 0 Å². The summed E-state index contributed by atoms with van der Waals surface area (Å²) in [6.07, 6.45) is 5.69. The number of aromatic nitrogens is 3. The van der Waals surface area contributed by atoms with E-state index in [1.165, 1.54) is 64.6 Å². The minimum absolute atomic E-state index is 0.718. The highest BCUT2D eigenvalue weighted by atomic mass is 14.9. The van der Waals surface area contributed by atoms with Crippen molar-refractivity contribution in [3.05, 3.63) is 140 Å². The summed E-state index contributed by atoms with van der Waals surface area (Å²) in [5.74, 6) is 0.718. The van der Waals surface area contributed by atoms with Gasteiger partial charge in [-0.05, 0) is 101 Å². The van der Waals surface area contributed by atoms with E-state index >= 15 is 0 Å². The molecule has 0 aliphatic carbocycles. The number of fused-ring (bicyclic) bond motifs is 3. The molecule has 2 aromatic heterocycles. The van der Waals surface area contributed by atoms with Gasteiger partial charge in [0.25, 0.3) is 0 Å². The lowest BCUT2D eigenvalue weighted by molar-refractivity contribution is 1.18. The molecular formula is C41H23N3. The van der Waals surface area contributed by atoms with E-state index in [1.807, 2.05) is 24.7 Å². The summed E-state index contributed by atoms with van der Waals surface area (Å²) < 4.78 is 0. The maximum Gasteiger partial charge on any atom is 0.159 e. The minimum atomic E-state index is 0.718. The van der Waals surface area contributed by atoms with Crippen LogP contribution in [0.1, 0.15) is 0 Å². The molecule has 0 fully saturated rings. The van der Waals surface area contributed by atoms with Crippen molar-refractivity contribution in [2.75, 3.05) is 0 Å². The highest BCUT2D eigenvalue weighted by Crippen LogP contribution is 2.44. The summed E-state index contributed by atoms with van der Waals surface area (Å²) in [6, 6.07) is 44.0. The van der Waals surface area contributed by atoms with Crippen LogP contribution in [0.25, 0.3) is 98.1 Å². The van der Waals surface area contributed by atoms with Crippen LogP contribution in [0.5, 0.6) is 0 Å². The Labute approximate surface area is 252 Å². The molecule has 0 saturated carbocycles. The number of hydrogen-bond donors (Lipinski definition) is 0. The summed E-state index contributed by atoms with van der Waals surface area (Å²) in [7, 11) is 0. The van der Waals surface area contributed by atoms with Gasteiger partial charge in [-0.3, -0.25) is 4.98 Å². The van der Waals surface area contributed by atoms with Gasteiger partial charge in [0, 0.05) is 35.1 Å². The second-order valence-electron chi connectivity index (χ2n) is 11.7. The number of rotatable bonds is 2. The molecule has 0 radical (unpaired) electrons. The van der Waals surface area contributed by atoms with Crippen molar-refractivity contribution in [3.63, 3.8) is 0 Å². The molecule has 44 heavy (non-hydrogen) atoms. The predicted octanol–water partition coefficient (Wildman–Crippen LogP) is 10.7. The average molecular weight is 558 g/mol. The van der Waals surface area contributed by atoms with Crippen molar-refractivity contribution in [3.8, 4) is 22.5 Å². The van der Waals surface area contributed by atoms with Gasteiger partial charge in [-0.2, -0.15) is 0 Å². The molecule has 8 aromatic carbocycles. The van der Waals surface area contributed by atoms with Gasteiger partial charge in [0.15, 0.2) is 5.82 Å². The summed E-state index contributed by atoms with van der Waals surface area (Å²) >= 11 is 0. The van der Waals surface area contributed by atoms with Crippen LogP contribution < -0.4 is 0 Å². The third kappa shape index (κ3) is 3.29. The molecule has 2 heterocycles. The van der Waals surface area contributed by atoms with Crippen molar-refractivity contribution in [1.82, 2.24) is 15.0 Å². The fraction of sp³-hybridized carbons (Fsp3) is 0. The first-order chi connectivity index (χ1) is 21.8. The lowest BCUT2D eigenvalue weighted by Gasteiger charge is -2.16. The highest BCUT2D eigenvalue weighted by molar-refractivity contribution is 6.37. The van der Waals surface area contributed by atoms with Gasteiger partial charge in [0.2, 0.25) is 0 Å². The second kappa shape index (κ2) is 8.79. The standard InChI is InChI=1S/C41H23N3/c1-5-24-12-13-25-7-3-11-34-35-21-30(41-43-22-31(23-44-41)27-16-17-36-28(19-27)8-4-18-42-36)20-29-15-14-26-6-2-10-33(38(26)40(29)35)32(9-1)37(24)39(25)34/h1-23H. The first-order valence-electron chi connectivity index (χ1n) is 14.9. The monoisotopic (exact) mass is 557 g/mol. The molecule has 0 N–H and O–H groups in total. The first kappa shape index (κ1) is 23.6.